The van der Waals surface area contributed by atoms with Gasteiger partial charge in [0, 0.05) is 11.4 Å². The molecule has 18 heavy (non-hydrogen) atoms. The molecule has 0 radical (unpaired) electrons. The van der Waals surface area contributed by atoms with Crippen molar-refractivity contribution >= 4 is 39.0 Å². The topological polar surface area (TPSA) is 37.8 Å². The van der Waals surface area contributed by atoms with Crippen LogP contribution in [0, 0.1) is 11.8 Å². The van der Waals surface area contributed by atoms with Crippen molar-refractivity contribution in [2.75, 3.05) is 11.9 Å². The number of hydrogen-bond donors (Lipinski definition) is 1. The number of aryl methyl sites for hydroxylation is 1. The van der Waals surface area contributed by atoms with Gasteiger partial charge in [-0.3, -0.25) is 0 Å². The minimum atomic E-state index is 0.332. The van der Waals surface area contributed by atoms with Gasteiger partial charge < -0.3 is 5.32 Å². The first-order chi connectivity index (χ1) is 8.67. The molecule has 96 valence electrons. The summed E-state index contributed by atoms with van der Waals surface area (Å²) in [7, 11) is 0. The van der Waals surface area contributed by atoms with Gasteiger partial charge >= 0.3 is 0 Å². The molecule has 2 aromatic heterocycles. The molecule has 3 nitrogen and oxygen atoms in total. The van der Waals surface area contributed by atoms with Crippen LogP contribution in [0.25, 0.3) is 10.2 Å². The average molecular weight is 282 g/mol. The number of hydrogen-bond acceptors (Lipinski definition) is 4. The Hall–Kier alpha value is -0.870. The van der Waals surface area contributed by atoms with Crippen LogP contribution in [0.3, 0.4) is 0 Å². The molecule has 0 aromatic carbocycles. The van der Waals surface area contributed by atoms with E-state index in [0.29, 0.717) is 5.28 Å². The summed E-state index contributed by atoms with van der Waals surface area (Å²) in [5.41, 5.74) is 0. The van der Waals surface area contributed by atoms with E-state index >= 15 is 0 Å². The van der Waals surface area contributed by atoms with E-state index in [2.05, 4.69) is 35.2 Å². The fourth-order valence-electron chi connectivity index (χ4n) is 2.17. The van der Waals surface area contributed by atoms with Crippen LogP contribution in [0.2, 0.25) is 5.28 Å². The smallest absolute Gasteiger partial charge is 0.225 e. The fourth-order valence-corrected chi connectivity index (χ4v) is 3.35. The maximum absolute atomic E-state index is 5.98. The zero-order chi connectivity index (χ0) is 12.7. The van der Waals surface area contributed by atoms with Crippen molar-refractivity contribution < 1.29 is 0 Å². The molecule has 0 spiro atoms. The average Bonchev–Trinajstić information content (AvgIpc) is 2.88. The zero-order valence-electron chi connectivity index (χ0n) is 10.5. The molecule has 3 rings (SSSR count). The lowest BCUT2D eigenvalue weighted by Crippen LogP contribution is -2.06. The van der Waals surface area contributed by atoms with E-state index in [0.717, 1.165) is 40.8 Å². The summed E-state index contributed by atoms with van der Waals surface area (Å²) in [5.74, 6) is 2.53. The van der Waals surface area contributed by atoms with Crippen molar-refractivity contribution in [2.24, 2.45) is 11.8 Å². The highest BCUT2D eigenvalue weighted by Gasteiger charge is 2.32. The van der Waals surface area contributed by atoms with E-state index in [1.807, 2.05) is 0 Å². The lowest BCUT2D eigenvalue weighted by Gasteiger charge is -2.06. The molecule has 2 atom stereocenters. The van der Waals surface area contributed by atoms with E-state index in [1.165, 1.54) is 11.3 Å². The molecule has 1 fully saturated rings. The van der Waals surface area contributed by atoms with Crippen molar-refractivity contribution in [3.05, 3.63) is 16.2 Å². The second-order valence-electron chi connectivity index (χ2n) is 4.98. The Morgan fingerprint density at radius 3 is 2.94 bits per heavy atom. The lowest BCUT2D eigenvalue weighted by molar-refractivity contribution is 0.785. The number of rotatable bonds is 4. The van der Waals surface area contributed by atoms with Gasteiger partial charge in [-0.2, -0.15) is 0 Å². The number of thiophene rings is 1. The Morgan fingerprint density at radius 2 is 2.28 bits per heavy atom. The third-order valence-corrected chi connectivity index (χ3v) is 4.92. The molecular weight excluding hydrogens is 266 g/mol. The monoisotopic (exact) mass is 281 g/mol. The maximum Gasteiger partial charge on any atom is 0.225 e. The van der Waals surface area contributed by atoms with Gasteiger partial charge in [-0.25, -0.2) is 9.97 Å². The van der Waals surface area contributed by atoms with Gasteiger partial charge in [0.05, 0.1) is 5.39 Å². The molecule has 5 heteroatoms. The molecule has 1 N–H and O–H groups in total. The predicted octanol–water partition coefficient (Wildman–Crippen LogP) is 3.98. The normalized spacial score (nSPS) is 22.4. The first-order valence-electron chi connectivity index (χ1n) is 6.37. The number of nitrogens with one attached hydrogen (secondary N) is 1. The lowest BCUT2D eigenvalue weighted by atomic mass is 10.3. The van der Waals surface area contributed by atoms with Crippen LogP contribution in [0.15, 0.2) is 6.07 Å². The van der Waals surface area contributed by atoms with Crippen LogP contribution in [0.5, 0.6) is 0 Å². The highest BCUT2D eigenvalue weighted by molar-refractivity contribution is 7.18. The molecule has 2 aromatic rings. The third kappa shape index (κ3) is 2.31. The maximum atomic E-state index is 5.98. The van der Waals surface area contributed by atoms with Crippen molar-refractivity contribution in [1.82, 2.24) is 9.97 Å². The number of nitrogens with zero attached hydrogens (tertiary/aromatic N) is 2. The molecule has 0 bridgehead atoms. The first kappa shape index (κ1) is 12.2. The zero-order valence-corrected chi connectivity index (χ0v) is 12.1. The number of halogens is 1. The van der Waals surface area contributed by atoms with Crippen LogP contribution < -0.4 is 5.32 Å². The summed E-state index contributed by atoms with van der Waals surface area (Å²) in [6.45, 7) is 5.42. The van der Waals surface area contributed by atoms with E-state index in [4.69, 9.17) is 11.6 Å². The SMILES string of the molecule is CCc1cc2c(NCC3CC3C)nc(Cl)nc2s1. The molecule has 2 heterocycles. The fraction of sp³-hybridized carbons (Fsp3) is 0.538. The first-order valence-corrected chi connectivity index (χ1v) is 7.56. The molecule has 0 saturated heterocycles. The predicted molar refractivity (Wildman–Crippen MR) is 77.6 cm³/mol. The van der Waals surface area contributed by atoms with E-state index in [9.17, 15) is 0 Å². The van der Waals surface area contributed by atoms with Crippen LogP contribution in [-0.2, 0) is 6.42 Å². The summed E-state index contributed by atoms with van der Waals surface area (Å²) in [6.07, 6.45) is 2.34. The molecule has 0 amide bonds. The Labute approximate surface area is 116 Å². The quantitative estimate of drug-likeness (QED) is 0.862. The molecule has 2 unspecified atom stereocenters. The summed E-state index contributed by atoms with van der Waals surface area (Å²) in [4.78, 5) is 10.9. The molecular formula is C13H16ClN3S. The van der Waals surface area contributed by atoms with E-state index < -0.39 is 0 Å². The summed E-state index contributed by atoms with van der Waals surface area (Å²) >= 11 is 7.68. The highest BCUT2D eigenvalue weighted by Crippen LogP contribution is 2.38. The van der Waals surface area contributed by atoms with Crippen LogP contribution >= 0.6 is 22.9 Å². The summed E-state index contributed by atoms with van der Waals surface area (Å²) in [5, 5.41) is 4.87. The van der Waals surface area contributed by atoms with Gasteiger partial charge in [0.15, 0.2) is 0 Å². The summed E-state index contributed by atoms with van der Waals surface area (Å²) in [6, 6.07) is 2.18. The molecule has 1 aliphatic rings. The van der Waals surface area contributed by atoms with Crippen LogP contribution in [0.1, 0.15) is 25.1 Å². The Morgan fingerprint density at radius 1 is 1.50 bits per heavy atom. The van der Waals surface area contributed by atoms with Gasteiger partial charge in [0.2, 0.25) is 5.28 Å². The van der Waals surface area contributed by atoms with Crippen molar-refractivity contribution in [1.29, 1.82) is 0 Å². The standard InChI is InChI=1S/C13H16ClN3S/c1-3-9-5-10-11(15-6-8-4-7(8)2)16-13(14)17-12(10)18-9/h5,7-8H,3-4,6H2,1-2H3,(H,15,16,17). The van der Waals surface area contributed by atoms with Crippen LogP contribution in [-0.4, -0.2) is 16.5 Å². The van der Waals surface area contributed by atoms with Crippen LogP contribution in [0.4, 0.5) is 5.82 Å². The Bertz CT molecular complexity index is 581. The second kappa shape index (κ2) is 4.67. The van der Waals surface area contributed by atoms with Gasteiger partial charge in [-0.15, -0.1) is 11.3 Å². The summed E-state index contributed by atoms with van der Waals surface area (Å²) < 4.78 is 0. The third-order valence-electron chi connectivity index (χ3n) is 3.57. The van der Waals surface area contributed by atoms with Crippen molar-refractivity contribution in [3.63, 3.8) is 0 Å². The van der Waals surface area contributed by atoms with Gasteiger partial charge in [0.1, 0.15) is 10.6 Å². The largest absolute Gasteiger partial charge is 0.369 e. The molecule has 1 aliphatic carbocycles. The van der Waals surface area contributed by atoms with Gasteiger partial charge in [-0.1, -0.05) is 13.8 Å². The molecule has 0 aliphatic heterocycles. The van der Waals surface area contributed by atoms with Crippen molar-refractivity contribution in [3.8, 4) is 0 Å². The van der Waals surface area contributed by atoms with Gasteiger partial charge in [-0.05, 0) is 42.3 Å². The minimum absolute atomic E-state index is 0.332. The number of anilines is 1. The van der Waals surface area contributed by atoms with E-state index in [-0.39, 0.29) is 0 Å². The van der Waals surface area contributed by atoms with Crippen molar-refractivity contribution in [2.45, 2.75) is 26.7 Å². The number of fused-ring (bicyclic) bond motifs is 1. The van der Waals surface area contributed by atoms with E-state index in [1.54, 1.807) is 11.3 Å². The Kier molecular flexibility index (Phi) is 3.16. The second-order valence-corrected chi connectivity index (χ2v) is 6.43. The highest BCUT2D eigenvalue weighted by atomic mass is 35.5. The minimum Gasteiger partial charge on any atom is -0.369 e. The van der Waals surface area contributed by atoms with Gasteiger partial charge in [0.25, 0.3) is 0 Å². The number of aromatic nitrogens is 2. The Balaban J connectivity index is 1.90. The molecule has 1 saturated carbocycles.